The number of aliphatic hydroxyl groups excluding tert-OH is 1. The summed E-state index contributed by atoms with van der Waals surface area (Å²) in [5.41, 5.74) is 0.415. The van der Waals surface area contributed by atoms with E-state index in [1.54, 1.807) is 6.07 Å². The van der Waals surface area contributed by atoms with Crippen molar-refractivity contribution < 1.29 is 19.1 Å². The number of aliphatic hydroxyl groups is 1. The maximum absolute atomic E-state index is 13.7. The average molecular weight is 518 g/mol. The molecule has 2 amide bonds. The zero-order valence-corrected chi connectivity index (χ0v) is 19.9. The molecule has 7 nitrogen and oxygen atoms in total. The van der Waals surface area contributed by atoms with Gasteiger partial charge < -0.3 is 15.7 Å². The molecular weight excluding hydrogens is 494 g/mol. The number of benzene rings is 2. The summed E-state index contributed by atoms with van der Waals surface area (Å²) < 4.78 is 13.7. The highest BCUT2D eigenvalue weighted by atomic mass is 35.5. The predicted molar refractivity (Wildman–Crippen MR) is 128 cm³/mol. The lowest BCUT2D eigenvalue weighted by molar-refractivity contribution is -0.117. The topological polar surface area (TPSA) is 84.9 Å². The van der Waals surface area contributed by atoms with E-state index in [1.807, 2.05) is 9.80 Å². The highest BCUT2D eigenvalue weighted by Gasteiger charge is 2.22. The van der Waals surface area contributed by atoms with E-state index in [2.05, 4.69) is 10.6 Å². The number of halogens is 4. The van der Waals surface area contributed by atoms with Crippen molar-refractivity contribution in [2.75, 3.05) is 51.1 Å². The van der Waals surface area contributed by atoms with Gasteiger partial charge in [-0.3, -0.25) is 19.4 Å². The first-order valence-electron chi connectivity index (χ1n) is 10.3. The van der Waals surface area contributed by atoms with Gasteiger partial charge >= 0.3 is 0 Å². The number of β-amino-alcohol motifs (C(OH)–C–C–N with tert-alkyl or cyclic N) is 1. The van der Waals surface area contributed by atoms with Gasteiger partial charge in [0.2, 0.25) is 5.91 Å². The average Bonchev–Trinajstić information content (AvgIpc) is 2.77. The summed E-state index contributed by atoms with van der Waals surface area (Å²) >= 11 is 17.9. The number of rotatable bonds is 8. The summed E-state index contributed by atoms with van der Waals surface area (Å²) in [4.78, 5) is 28.4. The molecule has 1 unspecified atom stereocenters. The van der Waals surface area contributed by atoms with E-state index < -0.39 is 17.8 Å². The van der Waals surface area contributed by atoms with Crippen molar-refractivity contribution >= 4 is 52.3 Å². The molecule has 0 aromatic heterocycles. The van der Waals surface area contributed by atoms with Gasteiger partial charge in [-0.2, -0.15) is 0 Å². The minimum absolute atomic E-state index is 0.0159. The van der Waals surface area contributed by atoms with E-state index >= 15 is 0 Å². The third-order valence-corrected chi connectivity index (χ3v) is 6.38. The second-order valence-corrected chi connectivity index (χ2v) is 8.91. The summed E-state index contributed by atoms with van der Waals surface area (Å²) in [7, 11) is 0. The Morgan fingerprint density at radius 2 is 1.64 bits per heavy atom. The first-order chi connectivity index (χ1) is 15.7. The van der Waals surface area contributed by atoms with Crippen LogP contribution in [0.1, 0.15) is 10.4 Å². The molecule has 0 bridgehead atoms. The van der Waals surface area contributed by atoms with Crippen LogP contribution in [-0.4, -0.2) is 78.6 Å². The van der Waals surface area contributed by atoms with Gasteiger partial charge in [0.05, 0.1) is 33.3 Å². The van der Waals surface area contributed by atoms with Crippen molar-refractivity contribution in [2.24, 2.45) is 0 Å². The Morgan fingerprint density at radius 3 is 2.27 bits per heavy atom. The van der Waals surface area contributed by atoms with Gasteiger partial charge in [0.1, 0.15) is 5.82 Å². The maximum atomic E-state index is 13.7. The number of hydrogen-bond acceptors (Lipinski definition) is 5. The molecular formula is C22H24Cl3FN4O3. The molecule has 33 heavy (non-hydrogen) atoms. The van der Waals surface area contributed by atoms with Gasteiger partial charge in [-0.1, -0.05) is 46.9 Å². The van der Waals surface area contributed by atoms with Crippen molar-refractivity contribution in [2.45, 2.75) is 6.10 Å². The molecule has 1 aliphatic rings. The monoisotopic (exact) mass is 516 g/mol. The fourth-order valence-electron chi connectivity index (χ4n) is 3.47. The van der Waals surface area contributed by atoms with Crippen LogP contribution in [0.25, 0.3) is 0 Å². The minimum Gasteiger partial charge on any atom is -0.390 e. The molecule has 1 atom stereocenters. The summed E-state index contributed by atoms with van der Waals surface area (Å²) in [6.07, 6.45) is -0.796. The molecule has 1 fully saturated rings. The number of piperazine rings is 1. The van der Waals surface area contributed by atoms with Crippen LogP contribution in [0.3, 0.4) is 0 Å². The second-order valence-electron chi connectivity index (χ2n) is 7.72. The number of carbonyl (C=O) groups excluding carboxylic acids is 2. The maximum Gasteiger partial charge on any atom is 0.254 e. The highest BCUT2D eigenvalue weighted by molar-refractivity contribution is 6.48. The van der Waals surface area contributed by atoms with Crippen molar-refractivity contribution in [3.63, 3.8) is 0 Å². The van der Waals surface area contributed by atoms with E-state index in [-0.39, 0.29) is 39.6 Å². The largest absolute Gasteiger partial charge is 0.390 e. The number of amides is 2. The normalized spacial score (nSPS) is 15.8. The standard InChI is InChI=1S/C22H24Cl3FN4O3/c23-17-9-14(10-18(24)21(17)25)28-20(32)13-30-7-5-29(6-8-30)12-15(31)11-27-22(33)16-3-1-2-4-19(16)26/h1-4,9-10,15,31H,5-8,11-13H2,(H,27,33)(H,28,32). The molecule has 0 spiro atoms. The molecule has 1 aliphatic heterocycles. The molecule has 178 valence electrons. The Kier molecular flexibility index (Phi) is 9.31. The lowest BCUT2D eigenvalue weighted by Crippen LogP contribution is -2.51. The van der Waals surface area contributed by atoms with Crippen molar-refractivity contribution in [1.82, 2.24) is 15.1 Å². The van der Waals surface area contributed by atoms with Crippen molar-refractivity contribution in [3.8, 4) is 0 Å². The fraction of sp³-hybridized carbons (Fsp3) is 0.364. The third-order valence-electron chi connectivity index (χ3n) is 5.19. The molecule has 3 N–H and O–H groups in total. The van der Waals surface area contributed by atoms with Gasteiger partial charge in [0.15, 0.2) is 0 Å². The predicted octanol–water partition coefficient (Wildman–Crippen LogP) is 3.13. The Balaban J connectivity index is 1.37. The number of carbonyl (C=O) groups is 2. The van der Waals surface area contributed by atoms with Crippen LogP contribution < -0.4 is 10.6 Å². The molecule has 0 saturated carbocycles. The smallest absolute Gasteiger partial charge is 0.254 e. The zero-order valence-electron chi connectivity index (χ0n) is 17.7. The highest BCUT2D eigenvalue weighted by Crippen LogP contribution is 2.33. The molecule has 0 aliphatic carbocycles. The zero-order chi connectivity index (χ0) is 24.0. The van der Waals surface area contributed by atoms with E-state index in [1.165, 1.54) is 30.3 Å². The lowest BCUT2D eigenvalue weighted by atomic mass is 10.2. The number of nitrogens with zero attached hydrogens (tertiary/aromatic N) is 2. The van der Waals surface area contributed by atoms with Crippen LogP contribution in [0.4, 0.5) is 10.1 Å². The van der Waals surface area contributed by atoms with Crippen molar-refractivity contribution in [1.29, 1.82) is 0 Å². The quantitative estimate of drug-likeness (QED) is 0.469. The molecule has 0 radical (unpaired) electrons. The lowest BCUT2D eigenvalue weighted by Gasteiger charge is -2.35. The molecule has 1 heterocycles. The second kappa shape index (κ2) is 12.0. The summed E-state index contributed by atoms with van der Waals surface area (Å²) in [6.45, 7) is 3.18. The van der Waals surface area contributed by atoms with Crippen LogP contribution >= 0.6 is 34.8 Å². The Hall–Kier alpha value is -1.94. The number of nitrogens with one attached hydrogen (secondary N) is 2. The van der Waals surface area contributed by atoms with Gasteiger partial charge in [0.25, 0.3) is 5.91 Å². The van der Waals surface area contributed by atoms with Gasteiger partial charge in [-0.05, 0) is 24.3 Å². The molecule has 2 aromatic rings. The van der Waals surface area contributed by atoms with Gasteiger partial charge in [0, 0.05) is 45.0 Å². The van der Waals surface area contributed by atoms with E-state index in [0.29, 0.717) is 38.4 Å². The summed E-state index contributed by atoms with van der Waals surface area (Å²) in [5, 5.41) is 16.3. The van der Waals surface area contributed by atoms with Crippen LogP contribution in [-0.2, 0) is 4.79 Å². The molecule has 11 heteroatoms. The molecule has 2 aromatic carbocycles. The Bertz CT molecular complexity index is 980. The summed E-state index contributed by atoms with van der Waals surface area (Å²) in [5.74, 6) is -1.37. The fourth-order valence-corrected chi connectivity index (χ4v) is 4.07. The first kappa shape index (κ1) is 25.7. The van der Waals surface area contributed by atoms with Crippen LogP contribution in [0, 0.1) is 5.82 Å². The van der Waals surface area contributed by atoms with Crippen molar-refractivity contribution in [3.05, 3.63) is 62.8 Å². The van der Waals surface area contributed by atoms with Crippen LogP contribution in [0.5, 0.6) is 0 Å². The van der Waals surface area contributed by atoms with E-state index in [9.17, 15) is 19.1 Å². The van der Waals surface area contributed by atoms with E-state index in [4.69, 9.17) is 34.8 Å². The Labute approximate surface area is 206 Å². The van der Waals surface area contributed by atoms with Gasteiger partial charge in [-0.15, -0.1) is 0 Å². The number of anilines is 1. The summed E-state index contributed by atoms with van der Waals surface area (Å²) in [6, 6.07) is 8.77. The first-order valence-corrected chi connectivity index (χ1v) is 11.5. The van der Waals surface area contributed by atoms with Gasteiger partial charge in [-0.25, -0.2) is 4.39 Å². The van der Waals surface area contributed by atoms with E-state index in [0.717, 1.165) is 0 Å². The van der Waals surface area contributed by atoms with Crippen LogP contribution in [0.2, 0.25) is 15.1 Å². The Morgan fingerprint density at radius 1 is 1.03 bits per heavy atom. The third kappa shape index (κ3) is 7.53. The molecule has 3 rings (SSSR count). The molecule has 1 saturated heterocycles. The SMILES string of the molecule is O=C(CN1CCN(CC(O)CNC(=O)c2ccccc2F)CC1)Nc1cc(Cl)c(Cl)c(Cl)c1. The minimum atomic E-state index is -0.796. The van der Waals surface area contributed by atoms with Crippen LogP contribution in [0.15, 0.2) is 36.4 Å². The number of hydrogen-bond donors (Lipinski definition) is 3.